The van der Waals surface area contributed by atoms with Gasteiger partial charge in [0.15, 0.2) is 0 Å². The lowest BCUT2D eigenvalue weighted by atomic mass is 10.2. The first-order valence-corrected chi connectivity index (χ1v) is 9.44. The average molecular weight is 347 g/mol. The summed E-state index contributed by atoms with van der Waals surface area (Å²) in [5.41, 5.74) is 0. The molecule has 0 atom stereocenters. The highest BCUT2D eigenvalue weighted by atomic mass is 15.4. The Hall–Kier alpha value is -1.72. The molecule has 0 aliphatic rings. The second-order valence-corrected chi connectivity index (χ2v) is 8.31. The second-order valence-electron chi connectivity index (χ2n) is 8.31. The lowest BCUT2D eigenvalue weighted by Crippen LogP contribution is -2.51. The molecule has 2 heterocycles. The molecule has 0 aliphatic carbocycles. The molecule has 0 saturated carbocycles. The van der Waals surface area contributed by atoms with Gasteiger partial charge in [-0.25, -0.2) is 9.55 Å². The second kappa shape index (κ2) is 8.59. The standard InChI is InChI=1S/C20H36N5/c1-6-24(2,3)17-18-25(4,5)16-10-9-13-22-14-15-23(19-22)20-11-7-8-12-21-20/h7-8,11-12,14-15,19H,6,9-10,13,16-18H2,1-5H3/q+3. The normalized spacial score (nSPS) is 12.5. The average Bonchev–Trinajstić information content (AvgIpc) is 3.07. The molecule has 0 bridgehead atoms. The molecule has 138 valence electrons. The Morgan fingerprint density at radius 2 is 1.76 bits per heavy atom. The summed E-state index contributed by atoms with van der Waals surface area (Å²) >= 11 is 0. The van der Waals surface area contributed by atoms with Crippen molar-refractivity contribution < 1.29 is 13.5 Å². The molecule has 0 fully saturated rings. The van der Waals surface area contributed by atoms with Crippen LogP contribution in [0.1, 0.15) is 19.8 Å². The van der Waals surface area contributed by atoms with Gasteiger partial charge in [0.05, 0.1) is 47.8 Å². The number of pyridine rings is 1. The van der Waals surface area contributed by atoms with Crippen LogP contribution >= 0.6 is 0 Å². The summed E-state index contributed by atoms with van der Waals surface area (Å²) in [5.74, 6) is 0.968. The smallest absolute Gasteiger partial charge is 0.250 e. The van der Waals surface area contributed by atoms with E-state index < -0.39 is 0 Å². The Balaban J connectivity index is 1.73. The van der Waals surface area contributed by atoms with Crippen molar-refractivity contribution in [3.8, 4) is 5.82 Å². The van der Waals surface area contributed by atoms with Crippen molar-refractivity contribution in [3.63, 3.8) is 0 Å². The lowest BCUT2D eigenvalue weighted by molar-refractivity contribution is -0.945. The number of aromatic nitrogens is 3. The maximum atomic E-state index is 4.38. The summed E-state index contributed by atoms with van der Waals surface area (Å²) < 4.78 is 6.55. The Bertz CT molecular complexity index is 631. The number of imidazole rings is 1. The Kier molecular flexibility index (Phi) is 6.73. The molecule has 0 amide bonds. The van der Waals surface area contributed by atoms with Crippen molar-refractivity contribution in [2.45, 2.75) is 26.3 Å². The summed E-state index contributed by atoms with van der Waals surface area (Å²) in [6, 6.07) is 5.99. The van der Waals surface area contributed by atoms with Crippen molar-refractivity contribution in [1.82, 2.24) is 9.55 Å². The number of hydrogen-bond acceptors (Lipinski definition) is 1. The fraction of sp³-hybridized carbons (Fsp3) is 0.600. The zero-order valence-corrected chi connectivity index (χ0v) is 16.7. The van der Waals surface area contributed by atoms with Gasteiger partial charge in [-0.2, -0.15) is 4.57 Å². The predicted molar refractivity (Wildman–Crippen MR) is 102 cm³/mol. The van der Waals surface area contributed by atoms with Crippen LogP contribution in [0, 0.1) is 0 Å². The van der Waals surface area contributed by atoms with Crippen molar-refractivity contribution in [2.75, 3.05) is 54.4 Å². The highest BCUT2D eigenvalue weighted by Gasteiger charge is 2.21. The topological polar surface area (TPSA) is 21.7 Å². The molecule has 5 heteroatoms. The summed E-state index contributed by atoms with van der Waals surface area (Å²) in [6.07, 6.45) is 10.6. The Labute approximate surface area is 153 Å². The van der Waals surface area contributed by atoms with Gasteiger partial charge >= 0.3 is 0 Å². The fourth-order valence-corrected chi connectivity index (χ4v) is 2.81. The van der Waals surface area contributed by atoms with E-state index in [1.54, 1.807) is 0 Å². The van der Waals surface area contributed by atoms with Crippen LogP contribution in [0.2, 0.25) is 0 Å². The van der Waals surface area contributed by atoms with Gasteiger partial charge in [-0.05, 0) is 19.4 Å². The van der Waals surface area contributed by atoms with Gasteiger partial charge in [-0.3, -0.25) is 0 Å². The zero-order chi connectivity index (χ0) is 18.3. The summed E-state index contributed by atoms with van der Waals surface area (Å²) in [7, 11) is 9.37. The highest BCUT2D eigenvalue weighted by molar-refractivity contribution is 5.19. The van der Waals surface area contributed by atoms with Crippen LogP contribution in [0.3, 0.4) is 0 Å². The van der Waals surface area contributed by atoms with Crippen molar-refractivity contribution >= 4 is 0 Å². The van der Waals surface area contributed by atoms with E-state index in [1.807, 2.05) is 24.4 Å². The van der Waals surface area contributed by atoms with Gasteiger partial charge in [0.25, 0.3) is 0 Å². The summed E-state index contributed by atoms with van der Waals surface area (Å²) in [6.45, 7) is 8.26. The maximum Gasteiger partial charge on any atom is 0.250 e. The largest absolute Gasteiger partial charge is 0.324 e. The van der Waals surface area contributed by atoms with Crippen LogP contribution in [0.5, 0.6) is 0 Å². The number of rotatable bonds is 10. The first-order valence-electron chi connectivity index (χ1n) is 9.44. The fourth-order valence-electron chi connectivity index (χ4n) is 2.81. The molecule has 25 heavy (non-hydrogen) atoms. The van der Waals surface area contributed by atoms with E-state index in [1.165, 1.54) is 39.0 Å². The van der Waals surface area contributed by atoms with Crippen LogP contribution in [0.25, 0.3) is 5.82 Å². The molecule has 2 aromatic rings. The van der Waals surface area contributed by atoms with Gasteiger partial charge in [0, 0.05) is 18.7 Å². The molecule has 0 aromatic carbocycles. The molecule has 0 radical (unpaired) electrons. The third-order valence-electron chi connectivity index (χ3n) is 5.20. The van der Waals surface area contributed by atoms with Crippen molar-refractivity contribution in [2.24, 2.45) is 0 Å². The van der Waals surface area contributed by atoms with Gasteiger partial charge in [-0.1, -0.05) is 6.07 Å². The van der Waals surface area contributed by atoms with Gasteiger partial charge < -0.3 is 8.97 Å². The maximum absolute atomic E-state index is 4.38. The lowest BCUT2D eigenvalue weighted by Gasteiger charge is -2.35. The SMILES string of the molecule is CC[N+](C)(C)CC[N+](C)(C)CCCC[n+]1ccn(-c2ccccn2)c1. The highest BCUT2D eigenvalue weighted by Crippen LogP contribution is 2.06. The van der Waals surface area contributed by atoms with Crippen LogP contribution in [-0.4, -0.2) is 72.9 Å². The quantitative estimate of drug-likeness (QED) is 0.367. The molecule has 2 rings (SSSR count). The monoisotopic (exact) mass is 346 g/mol. The van der Waals surface area contributed by atoms with Gasteiger partial charge in [-0.15, -0.1) is 0 Å². The first-order chi connectivity index (χ1) is 11.8. The minimum absolute atomic E-state index is 0.968. The molecule has 5 nitrogen and oxygen atoms in total. The van der Waals surface area contributed by atoms with E-state index in [2.05, 4.69) is 68.0 Å². The molecule has 0 aliphatic heterocycles. The molecular weight excluding hydrogens is 310 g/mol. The number of hydrogen-bond donors (Lipinski definition) is 0. The molecule has 2 aromatic heterocycles. The number of nitrogens with zero attached hydrogens (tertiary/aromatic N) is 5. The number of quaternary nitrogens is 2. The van der Waals surface area contributed by atoms with Crippen LogP contribution in [-0.2, 0) is 6.54 Å². The molecule has 0 N–H and O–H groups in total. The van der Waals surface area contributed by atoms with Gasteiger partial charge in [0.2, 0.25) is 12.1 Å². The van der Waals surface area contributed by atoms with Crippen molar-refractivity contribution in [3.05, 3.63) is 43.1 Å². The minimum atomic E-state index is 0.968. The third kappa shape index (κ3) is 6.59. The van der Waals surface area contributed by atoms with E-state index in [9.17, 15) is 0 Å². The van der Waals surface area contributed by atoms with E-state index in [0.29, 0.717) is 0 Å². The summed E-state index contributed by atoms with van der Waals surface area (Å²) in [4.78, 5) is 4.38. The van der Waals surface area contributed by atoms with Crippen LogP contribution in [0.15, 0.2) is 43.1 Å². The third-order valence-corrected chi connectivity index (χ3v) is 5.20. The molecule has 0 saturated heterocycles. The predicted octanol–water partition coefficient (Wildman–Crippen LogP) is 2.11. The first kappa shape index (κ1) is 19.6. The van der Waals surface area contributed by atoms with E-state index in [0.717, 1.165) is 21.3 Å². The molecule has 0 unspecified atom stereocenters. The van der Waals surface area contributed by atoms with E-state index in [4.69, 9.17) is 0 Å². The van der Waals surface area contributed by atoms with Crippen LogP contribution < -0.4 is 4.57 Å². The number of unbranched alkanes of at least 4 members (excludes halogenated alkanes) is 1. The van der Waals surface area contributed by atoms with E-state index >= 15 is 0 Å². The summed E-state index contributed by atoms with van der Waals surface area (Å²) in [5, 5.41) is 0. The minimum Gasteiger partial charge on any atom is -0.324 e. The van der Waals surface area contributed by atoms with E-state index in [-0.39, 0.29) is 0 Å². The van der Waals surface area contributed by atoms with Crippen LogP contribution in [0.4, 0.5) is 0 Å². The Morgan fingerprint density at radius 3 is 2.44 bits per heavy atom. The number of likely N-dealkylation sites (N-methyl/N-ethyl adjacent to an activating group) is 2. The zero-order valence-electron chi connectivity index (χ0n) is 16.7. The molecule has 0 spiro atoms. The molecular formula is C20H36N5+3. The Morgan fingerprint density at radius 1 is 1.00 bits per heavy atom. The van der Waals surface area contributed by atoms with Gasteiger partial charge in [0.1, 0.15) is 25.5 Å². The number of aryl methyl sites for hydroxylation is 1. The van der Waals surface area contributed by atoms with Crippen molar-refractivity contribution in [1.29, 1.82) is 0 Å².